The molecule has 1 saturated heterocycles. The van der Waals surface area contributed by atoms with Crippen molar-refractivity contribution in [1.29, 1.82) is 0 Å². The van der Waals surface area contributed by atoms with Gasteiger partial charge in [0, 0.05) is 19.1 Å². The maximum atomic E-state index is 11.9. The van der Waals surface area contributed by atoms with Crippen LogP contribution in [0.2, 0.25) is 0 Å². The standard InChI is InChI=1S/C13H15NO4/c1-17-13-11(7-10(8-15)18-13)14-12(16)9-5-3-2-4-6-9/h2-6,8,10-11,13H,7H2,1H3,(H,14,16)/t10-,11+,13+/m0/s1. The highest BCUT2D eigenvalue weighted by Gasteiger charge is 2.36. The second-order valence-corrected chi connectivity index (χ2v) is 4.10. The number of benzene rings is 1. The van der Waals surface area contributed by atoms with Crippen LogP contribution in [0.4, 0.5) is 0 Å². The van der Waals surface area contributed by atoms with Crippen molar-refractivity contribution in [3.8, 4) is 0 Å². The molecule has 0 radical (unpaired) electrons. The SMILES string of the molecule is CO[C@@H]1O[C@H](C=O)C[C@H]1NC(=O)c1ccccc1. The first-order valence-electron chi connectivity index (χ1n) is 5.74. The van der Waals surface area contributed by atoms with Gasteiger partial charge in [-0.2, -0.15) is 0 Å². The van der Waals surface area contributed by atoms with E-state index in [9.17, 15) is 9.59 Å². The lowest BCUT2D eigenvalue weighted by Crippen LogP contribution is -2.41. The van der Waals surface area contributed by atoms with Gasteiger partial charge in [-0.15, -0.1) is 0 Å². The van der Waals surface area contributed by atoms with Gasteiger partial charge in [-0.25, -0.2) is 0 Å². The Labute approximate surface area is 105 Å². The highest BCUT2D eigenvalue weighted by molar-refractivity contribution is 5.94. The number of aldehydes is 1. The Morgan fingerprint density at radius 3 is 2.78 bits per heavy atom. The summed E-state index contributed by atoms with van der Waals surface area (Å²) >= 11 is 0. The van der Waals surface area contributed by atoms with Crippen molar-refractivity contribution in [1.82, 2.24) is 5.32 Å². The lowest BCUT2D eigenvalue weighted by atomic mass is 10.1. The van der Waals surface area contributed by atoms with Gasteiger partial charge < -0.3 is 19.6 Å². The molecule has 1 aromatic carbocycles. The van der Waals surface area contributed by atoms with Gasteiger partial charge in [0.05, 0.1) is 6.04 Å². The average molecular weight is 249 g/mol. The first-order chi connectivity index (χ1) is 8.74. The normalized spacial score (nSPS) is 26.8. The minimum absolute atomic E-state index is 0.196. The molecule has 0 spiro atoms. The summed E-state index contributed by atoms with van der Waals surface area (Å²) in [5, 5.41) is 2.81. The molecular weight excluding hydrogens is 234 g/mol. The van der Waals surface area contributed by atoms with Crippen LogP contribution in [0.15, 0.2) is 30.3 Å². The molecule has 96 valence electrons. The van der Waals surface area contributed by atoms with Gasteiger partial charge in [0.2, 0.25) is 0 Å². The Hall–Kier alpha value is -1.72. The number of amides is 1. The fourth-order valence-corrected chi connectivity index (χ4v) is 1.96. The molecule has 3 atom stereocenters. The number of methoxy groups -OCH3 is 1. The van der Waals surface area contributed by atoms with Crippen molar-refractivity contribution in [3.05, 3.63) is 35.9 Å². The molecule has 1 fully saturated rings. The van der Waals surface area contributed by atoms with E-state index in [1.807, 2.05) is 6.07 Å². The third-order valence-corrected chi connectivity index (χ3v) is 2.86. The van der Waals surface area contributed by atoms with E-state index < -0.39 is 12.4 Å². The minimum Gasteiger partial charge on any atom is -0.354 e. The van der Waals surface area contributed by atoms with E-state index in [-0.39, 0.29) is 11.9 Å². The van der Waals surface area contributed by atoms with Crippen molar-refractivity contribution in [2.24, 2.45) is 0 Å². The quantitative estimate of drug-likeness (QED) is 0.799. The molecule has 1 aromatic rings. The first kappa shape index (κ1) is 12.7. The van der Waals surface area contributed by atoms with Gasteiger partial charge in [-0.1, -0.05) is 18.2 Å². The number of carbonyl (C=O) groups is 2. The summed E-state index contributed by atoms with van der Waals surface area (Å²) in [7, 11) is 1.49. The number of ether oxygens (including phenoxy) is 2. The second-order valence-electron chi connectivity index (χ2n) is 4.10. The number of carbonyl (C=O) groups excluding carboxylic acids is 2. The predicted octanol–water partition coefficient (Wildman–Crippen LogP) is 0.745. The van der Waals surface area contributed by atoms with Crippen molar-refractivity contribution < 1.29 is 19.1 Å². The molecule has 1 aliphatic heterocycles. The summed E-state index contributed by atoms with van der Waals surface area (Å²) < 4.78 is 10.4. The van der Waals surface area contributed by atoms with Gasteiger partial charge in [0.15, 0.2) is 6.29 Å². The third-order valence-electron chi connectivity index (χ3n) is 2.86. The molecule has 18 heavy (non-hydrogen) atoms. The zero-order chi connectivity index (χ0) is 13.0. The van der Waals surface area contributed by atoms with Crippen LogP contribution in [-0.2, 0) is 14.3 Å². The lowest BCUT2D eigenvalue weighted by Gasteiger charge is -2.18. The monoisotopic (exact) mass is 249 g/mol. The van der Waals surface area contributed by atoms with Crippen LogP contribution < -0.4 is 5.32 Å². The van der Waals surface area contributed by atoms with E-state index in [1.54, 1.807) is 24.3 Å². The molecule has 1 N–H and O–H groups in total. The van der Waals surface area contributed by atoms with Gasteiger partial charge in [-0.05, 0) is 12.1 Å². The highest BCUT2D eigenvalue weighted by Crippen LogP contribution is 2.20. The summed E-state index contributed by atoms with van der Waals surface area (Å²) in [5.74, 6) is -0.196. The Morgan fingerprint density at radius 1 is 1.44 bits per heavy atom. The fourth-order valence-electron chi connectivity index (χ4n) is 1.96. The number of rotatable bonds is 4. The summed E-state index contributed by atoms with van der Waals surface area (Å²) in [6, 6.07) is 8.58. The second kappa shape index (κ2) is 5.75. The summed E-state index contributed by atoms with van der Waals surface area (Å²) in [6.07, 6.45) is 0.0604. The van der Waals surface area contributed by atoms with Crippen molar-refractivity contribution in [2.75, 3.05) is 7.11 Å². The van der Waals surface area contributed by atoms with Gasteiger partial charge >= 0.3 is 0 Å². The molecule has 0 unspecified atom stereocenters. The fraction of sp³-hybridized carbons (Fsp3) is 0.385. The van der Waals surface area contributed by atoms with E-state index >= 15 is 0 Å². The van der Waals surface area contributed by atoms with Crippen molar-refractivity contribution >= 4 is 12.2 Å². The van der Waals surface area contributed by atoms with Crippen LogP contribution in [-0.4, -0.2) is 37.7 Å². The van der Waals surface area contributed by atoms with Gasteiger partial charge in [0.1, 0.15) is 12.4 Å². The van der Waals surface area contributed by atoms with Crippen LogP contribution in [0.25, 0.3) is 0 Å². The van der Waals surface area contributed by atoms with E-state index in [0.29, 0.717) is 12.0 Å². The zero-order valence-electron chi connectivity index (χ0n) is 10.0. The summed E-state index contributed by atoms with van der Waals surface area (Å²) in [5.41, 5.74) is 0.571. The van der Waals surface area contributed by atoms with Crippen LogP contribution in [0, 0.1) is 0 Å². The maximum absolute atomic E-state index is 11.9. The smallest absolute Gasteiger partial charge is 0.251 e. The van der Waals surface area contributed by atoms with E-state index in [0.717, 1.165) is 6.29 Å². The van der Waals surface area contributed by atoms with Gasteiger partial charge in [0.25, 0.3) is 5.91 Å². The summed E-state index contributed by atoms with van der Waals surface area (Å²) in [4.78, 5) is 22.6. The molecule has 1 aliphatic rings. The molecule has 0 bridgehead atoms. The molecular formula is C13H15NO4. The number of nitrogens with one attached hydrogen (secondary N) is 1. The van der Waals surface area contributed by atoms with E-state index in [1.165, 1.54) is 7.11 Å². The first-order valence-corrected chi connectivity index (χ1v) is 5.74. The largest absolute Gasteiger partial charge is 0.354 e. The molecule has 1 amide bonds. The van der Waals surface area contributed by atoms with Crippen LogP contribution in [0.5, 0.6) is 0 Å². The molecule has 5 heteroatoms. The Bertz CT molecular complexity index is 420. The van der Waals surface area contributed by atoms with Crippen LogP contribution >= 0.6 is 0 Å². The van der Waals surface area contributed by atoms with Gasteiger partial charge in [-0.3, -0.25) is 4.79 Å². The Morgan fingerprint density at radius 2 is 2.17 bits per heavy atom. The van der Waals surface area contributed by atoms with Crippen LogP contribution in [0.3, 0.4) is 0 Å². The molecule has 0 aliphatic carbocycles. The average Bonchev–Trinajstić information content (AvgIpc) is 2.82. The number of hydrogen-bond donors (Lipinski definition) is 1. The predicted molar refractivity (Wildman–Crippen MR) is 64.0 cm³/mol. The maximum Gasteiger partial charge on any atom is 0.251 e. The molecule has 5 nitrogen and oxygen atoms in total. The zero-order valence-corrected chi connectivity index (χ0v) is 10.0. The Kier molecular flexibility index (Phi) is 4.07. The topological polar surface area (TPSA) is 64.6 Å². The number of hydrogen-bond acceptors (Lipinski definition) is 4. The third kappa shape index (κ3) is 2.75. The van der Waals surface area contributed by atoms with Crippen molar-refractivity contribution in [2.45, 2.75) is 24.9 Å². The van der Waals surface area contributed by atoms with Crippen molar-refractivity contribution in [3.63, 3.8) is 0 Å². The minimum atomic E-state index is -0.576. The van der Waals surface area contributed by atoms with E-state index in [4.69, 9.17) is 9.47 Å². The lowest BCUT2D eigenvalue weighted by molar-refractivity contribution is -0.139. The van der Waals surface area contributed by atoms with Crippen LogP contribution in [0.1, 0.15) is 16.8 Å². The molecule has 0 saturated carbocycles. The molecule has 1 heterocycles. The molecule has 0 aromatic heterocycles. The Balaban J connectivity index is 2.00. The summed E-state index contributed by atoms with van der Waals surface area (Å²) in [6.45, 7) is 0. The molecule has 2 rings (SSSR count). The van der Waals surface area contributed by atoms with E-state index in [2.05, 4.69) is 5.32 Å². The highest BCUT2D eigenvalue weighted by atomic mass is 16.7.